The second-order valence-corrected chi connectivity index (χ2v) is 12.1. The summed E-state index contributed by atoms with van der Waals surface area (Å²) in [6.45, 7) is 11.3. The molecule has 1 saturated heterocycles. The Hall–Kier alpha value is -4.10. The van der Waals surface area contributed by atoms with E-state index in [9.17, 15) is 4.79 Å². The molecule has 0 radical (unpaired) electrons. The van der Waals surface area contributed by atoms with Crippen LogP contribution < -0.4 is 9.64 Å². The number of esters is 1. The normalized spacial score (nSPS) is 17.4. The molecule has 0 aliphatic carbocycles. The summed E-state index contributed by atoms with van der Waals surface area (Å²) in [5, 5.41) is 0. The first kappa shape index (κ1) is 29.0. The van der Waals surface area contributed by atoms with Gasteiger partial charge in [-0.15, -0.1) is 0 Å². The molecule has 5 heterocycles. The molecule has 2 aromatic carbocycles. The molecule has 0 spiro atoms. The molecular formula is C36H41N3O4. The summed E-state index contributed by atoms with van der Waals surface area (Å²) in [5.74, 6) is 1.65. The molecule has 7 nitrogen and oxygen atoms in total. The number of anilines is 1. The van der Waals surface area contributed by atoms with Gasteiger partial charge in [0.05, 0.1) is 38.0 Å². The molecule has 1 fully saturated rings. The van der Waals surface area contributed by atoms with Gasteiger partial charge in [0.2, 0.25) is 0 Å². The summed E-state index contributed by atoms with van der Waals surface area (Å²) in [6, 6.07) is 15.0. The number of piperidine rings is 1. The van der Waals surface area contributed by atoms with Gasteiger partial charge in [-0.25, -0.2) is 4.98 Å². The molecule has 0 N–H and O–H groups in total. The van der Waals surface area contributed by atoms with E-state index in [-0.39, 0.29) is 18.0 Å². The van der Waals surface area contributed by atoms with Crippen molar-refractivity contribution in [2.75, 3.05) is 38.3 Å². The summed E-state index contributed by atoms with van der Waals surface area (Å²) in [4.78, 5) is 20.0. The fraction of sp³-hybridized carbons (Fsp3) is 0.389. The molecule has 0 saturated carbocycles. The van der Waals surface area contributed by atoms with Gasteiger partial charge >= 0.3 is 5.97 Å². The van der Waals surface area contributed by atoms with Crippen LogP contribution in [0, 0.1) is 20.8 Å². The van der Waals surface area contributed by atoms with Gasteiger partial charge in [0.25, 0.3) is 0 Å². The van der Waals surface area contributed by atoms with E-state index in [1.54, 1.807) is 0 Å². The fourth-order valence-electron chi connectivity index (χ4n) is 6.17. The number of benzene rings is 2. The van der Waals surface area contributed by atoms with Gasteiger partial charge in [-0.05, 0) is 93.5 Å². The Labute approximate surface area is 254 Å². The summed E-state index contributed by atoms with van der Waals surface area (Å²) in [6.07, 6.45) is 9.15. The Balaban J connectivity index is 1.51. The number of imidazole rings is 1. The highest BCUT2D eigenvalue weighted by Gasteiger charge is 2.33. The molecule has 0 amide bonds. The number of rotatable bonds is 2. The summed E-state index contributed by atoms with van der Waals surface area (Å²) in [5.41, 5.74) is 9.16. The molecule has 4 aromatic rings. The van der Waals surface area contributed by atoms with Crippen molar-refractivity contribution in [2.24, 2.45) is 0 Å². The highest BCUT2D eigenvalue weighted by molar-refractivity contribution is 5.79. The molecule has 43 heavy (non-hydrogen) atoms. The molecule has 6 bridgehead atoms. The van der Waals surface area contributed by atoms with Crippen molar-refractivity contribution in [3.63, 3.8) is 0 Å². The number of ether oxygens (including phenoxy) is 3. The number of fused-ring (bicyclic) bond motifs is 7. The van der Waals surface area contributed by atoms with Crippen LogP contribution in [0.25, 0.3) is 28.0 Å². The minimum Gasteiger partial charge on any atom is -0.493 e. The summed E-state index contributed by atoms with van der Waals surface area (Å²) in [7, 11) is 1.45. The van der Waals surface area contributed by atoms with E-state index in [4.69, 9.17) is 19.2 Å². The highest BCUT2D eigenvalue weighted by atomic mass is 16.5. The fourth-order valence-corrected chi connectivity index (χ4v) is 6.17. The van der Waals surface area contributed by atoms with Crippen LogP contribution >= 0.6 is 0 Å². The van der Waals surface area contributed by atoms with Crippen molar-refractivity contribution in [2.45, 2.75) is 59.0 Å². The maximum absolute atomic E-state index is 12.6. The quantitative estimate of drug-likeness (QED) is 0.188. The van der Waals surface area contributed by atoms with E-state index in [2.05, 4.69) is 97.8 Å². The molecule has 7 heteroatoms. The predicted molar refractivity (Wildman–Crippen MR) is 171 cm³/mol. The van der Waals surface area contributed by atoms with Crippen molar-refractivity contribution < 1.29 is 19.0 Å². The summed E-state index contributed by atoms with van der Waals surface area (Å²) >= 11 is 0. The first-order chi connectivity index (χ1) is 20.7. The van der Waals surface area contributed by atoms with Crippen molar-refractivity contribution in [1.29, 1.82) is 0 Å². The maximum Gasteiger partial charge on any atom is 0.310 e. The lowest BCUT2D eigenvalue weighted by atomic mass is 9.92. The Morgan fingerprint density at radius 3 is 2.56 bits per heavy atom. The van der Waals surface area contributed by atoms with Gasteiger partial charge in [0, 0.05) is 36.0 Å². The molecule has 224 valence electrons. The van der Waals surface area contributed by atoms with Gasteiger partial charge in [-0.3, -0.25) is 9.20 Å². The average molecular weight is 580 g/mol. The Kier molecular flexibility index (Phi) is 8.01. The smallest absolute Gasteiger partial charge is 0.310 e. The van der Waals surface area contributed by atoms with E-state index >= 15 is 0 Å². The number of methoxy groups -OCH3 is 1. The molecule has 0 atom stereocenters. The Morgan fingerprint density at radius 2 is 1.77 bits per heavy atom. The highest BCUT2D eigenvalue weighted by Crippen LogP contribution is 2.37. The van der Waals surface area contributed by atoms with Crippen LogP contribution in [0.3, 0.4) is 0 Å². The monoisotopic (exact) mass is 579 g/mol. The number of aromatic nitrogens is 2. The number of pyridine rings is 1. The van der Waals surface area contributed by atoms with E-state index in [0.717, 1.165) is 83.1 Å². The minimum absolute atomic E-state index is 0.210. The third-order valence-corrected chi connectivity index (χ3v) is 9.02. The molecular weight excluding hydrogens is 538 g/mol. The largest absolute Gasteiger partial charge is 0.493 e. The van der Waals surface area contributed by atoms with E-state index in [1.807, 2.05) is 0 Å². The molecule has 7 rings (SSSR count). The topological polar surface area (TPSA) is 65.3 Å². The number of carbonyl (C=O) groups is 1. The van der Waals surface area contributed by atoms with Crippen molar-refractivity contribution >= 4 is 17.4 Å². The lowest BCUT2D eigenvalue weighted by Crippen LogP contribution is -2.45. The number of hydrogen-bond donors (Lipinski definition) is 0. The third kappa shape index (κ3) is 5.91. The van der Waals surface area contributed by atoms with Crippen LogP contribution in [0.15, 0.2) is 60.8 Å². The minimum atomic E-state index is -0.249. The zero-order valence-corrected chi connectivity index (χ0v) is 25.9. The van der Waals surface area contributed by atoms with Crippen LogP contribution in [-0.2, 0) is 20.7 Å². The van der Waals surface area contributed by atoms with Crippen LogP contribution in [0.4, 0.5) is 5.82 Å². The van der Waals surface area contributed by atoms with Crippen LogP contribution in [-0.4, -0.2) is 54.4 Å². The van der Waals surface area contributed by atoms with Gasteiger partial charge in [-0.1, -0.05) is 30.4 Å². The molecule has 3 aliphatic heterocycles. The van der Waals surface area contributed by atoms with Gasteiger partial charge in [0.1, 0.15) is 17.2 Å². The maximum atomic E-state index is 12.6. The SMILES string of the molecule is COC(=O)Cc1c(C)cc2nc3cn2c1N1CCC(C)(CC1)OC/C=C/CCOc1cc(C)c(C)cc1-c1cccc-3c1. The number of carbonyl (C=O) groups excluding carboxylic acids is 1. The molecule has 2 aromatic heterocycles. The first-order valence-corrected chi connectivity index (χ1v) is 15.2. The lowest BCUT2D eigenvalue weighted by Gasteiger charge is -2.41. The van der Waals surface area contributed by atoms with Crippen LogP contribution in [0.2, 0.25) is 0 Å². The predicted octanol–water partition coefficient (Wildman–Crippen LogP) is 7.02. The first-order valence-electron chi connectivity index (χ1n) is 15.2. The number of nitrogens with zero attached hydrogens (tertiary/aromatic N) is 3. The second kappa shape index (κ2) is 11.9. The van der Waals surface area contributed by atoms with Gasteiger partial charge in [0.15, 0.2) is 0 Å². The Morgan fingerprint density at radius 1 is 1.00 bits per heavy atom. The van der Waals surface area contributed by atoms with Gasteiger partial charge in [-0.2, -0.15) is 0 Å². The zero-order valence-electron chi connectivity index (χ0n) is 25.9. The summed E-state index contributed by atoms with van der Waals surface area (Å²) < 4.78 is 20.0. The molecule has 0 unspecified atom stereocenters. The van der Waals surface area contributed by atoms with E-state index in [0.29, 0.717) is 13.2 Å². The average Bonchev–Trinajstić information content (AvgIpc) is 3.42. The van der Waals surface area contributed by atoms with Crippen molar-refractivity contribution in [1.82, 2.24) is 9.38 Å². The second-order valence-electron chi connectivity index (χ2n) is 12.1. The van der Waals surface area contributed by atoms with E-state index in [1.165, 1.54) is 18.2 Å². The molecule has 3 aliphatic rings. The zero-order chi connectivity index (χ0) is 30.1. The van der Waals surface area contributed by atoms with Crippen molar-refractivity contribution in [3.8, 4) is 28.1 Å². The Bertz CT molecular complexity index is 1690. The lowest BCUT2D eigenvalue weighted by molar-refractivity contribution is -0.139. The van der Waals surface area contributed by atoms with Crippen LogP contribution in [0.1, 0.15) is 48.4 Å². The standard InChI is InChI=1S/C36H41N3O4/c1-24-18-30-27-10-9-11-28(21-27)31-23-39-33(37-31)20-26(3)29(22-34(40)41-5)35(39)38-14-12-36(4,13-15-38)43-17-8-6-7-16-42-32(30)19-25(24)2/h6,8-11,18-21,23H,7,12-17,22H2,1-5H3/b8-6+. The van der Waals surface area contributed by atoms with Crippen LogP contribution in [0.5, 0.6) is 5.75 Å². The third-order valence-electron chi connectivity index (χ3n) is 9.02. The van der Waals surface area contributed by atoms with Gasteiger partial charge < -0.3 is 19.1 Å². The van der Waals surface area contributed by atoms with Crippen molar-refractivity contribution in [3.05, 3.63) is 83.1 Å². The van der Waals surface area contributed by atoms with E-state index < -0.39 is 0 Å². The number of hydrogen-bond acceptors (Lipinski definition) is 6. The number of aryl methyl sites for hydroxylation is 3.